The normalized spacial score (nSPS) is 10.2. The molecule has 6 heteroatoms. The van der Waals surface area contributed by atoms with Gasteiger partial charge in [-0.25, -0.2) is 14.8 Å². The van der Waals surface area contributed by atoms with Crippen molar-refractivity contribution in [1.29, 1.82) is 5.26 Å². The van der Waals surface area contributed by atoms with Gasteiger partial charge in [0.1, 0.15) is 11.6 Å². The van der Waals surface area contributed by atoms with Crippen molar-refractivity contribution in [2.45, 2.75) is 0 Å². The number of rotatable bonds is 5. The predicted octanol–water partition coefficient (Wildman–Crippen LogP) is 5.12. The Morgan fingerprint density at radius 2 is 1.43 bits per heavy atom. The number of carboxylic acids is 1. The lowest BCUT2D eigenvalue weighted by Gasteiger charge is -2.14. The molecular weight excluding hydrogens is 376 g/mol. The topological polar surface area (TPSA) is 98.9 Å². The maximum absolute atomic E-state index is 11.6. The molecule has 4 rings (SSSR count). The third-order valence-electron chi connectivity index (χ3n) is 4.51. The molecule has 30 heavy (non-hydrogen) atoms. The minimum atomic E-state index is -1.07. The summed E-state index contributed by atoms with van der Waals surface area (Å²) in [6.07, 6.45) is 0. The van der Waals surface area contributed by atoms with Crippen molar-refractivity contribution in [2.24, 2.45) is 0 Å². The number of aromatic carboxylic acids is 1. The zero-order valence-corrected chi connectivity index (χ0v) is 15.8. The summed E-state index contributed by atoms with van der Waals surface area (Å²) >= 11 is 0. The molecule has 6 nitrogen and oxygen atoms in total. The van der Waals surface area contributed by atoms with Crippen LogP contribution in [0.1, 0.15) is 15.9 Å². The van der Waals surface area contributed by atoms with E-state index in [0.29, 0.717) is 17.2 Å². The van der Waals surface area contributed by atoms with Crippen LogP contribution in [0.4, 0.5) is 11.5 Å². The van der Waals surface area contributed by atoms with Crippen LogP contribution in [0.3, 0.4) is 0 Å². The Balaban J connectivity index is 1.93. The number of anilines is 2. The summed E-state index contributed by atoms with van der Waals surface area (Å²) in [6, 6.07) is 27.4. The maximum Gasteiger partial charge on any atom is 0.337 e. The van der Waals surface area contributed by atoms with Gasteiger partial charge in [0.2, 0.25) is 0 Å². The molecule has 0 fully saturated rings. The molecule has 1 aromatic heterocycles. The van der Waals surface area contributed by atoms with E-state index in [1.807, 2.05) is 60.7 Å². The van der Waals surface area contributed by atoms with Gasteiger partial charge in [-0.3, -0.25) is 0 Å². The molecule has 0 spiro atoms. The number of aromatic nitrogens is 2. The van der Waals surface area contributed by atoms with Gasteiger partial charge in [0.25, 0.3) is 0 Å². The van der Waals surface area contributed by atoms with Crippen molar-refractivity contribution in [3.05, 3.63) is 96.1 Å². The standard InChI is InChI=1S/C24H16N4O2/c25-15-19-21(16-9-3-1-4-10-16)27-22(17-11-5-2-6-12-17)28-23(19)26-20-14-8-7-13-18(20)24(29)30/h1-14H,(H,29,30)(H,26,27,28). The fraction of sp³-hybridized carbons (Fsp3) is 0. The molecule has 2 N–H and O–H groups in total. The first kappa shape index (κ1) is 18.8. The fourth-order valence-electron chi connectivity index (χ4n) is 3.08. The number of carboxylic acid groups (broad SMARTS) is 1. The molecule has 1 heterocycles. The van der Waals surface area contributed by atoms with E-state index in [1.165, 1.54) is 6.07 Å². The molecule has 0 radical (unpaired) electrons. The lowest BCUT2D eigenvalue weighted by molar-refractivity contribution is 0.0698. The minimum Gasteiger partial charge on any atom is -0.478 e. The van der Waals surface area contributed by atoms with E-state index in [4.69, 9.17) is 0 Å². The van der Waals surface area contributed by atoms with Crippen LogP contribution < -0.4 is 5.32 Å². The monoisotopic (exact) mass is 392 g/mol. The molecule has 0 bridgehead atoms. The second-order valence-corrected chi connectivity index (χ2v) is 6.44. The van der Waals surface area contributed by atoms with Gasteiger partial charge in [0.15, 0.2) is 11.6 Å². The number of para-hydroxylation sites is 1. The van der Waals surface area contributed by atoms with E-state index in [2.05, 4.69) is 21.4 Å². The highest BCUT2D eigenvalue weighted by molar-refractivity contribution is 5.95. The average Bonchev–Trinajstić information content (AvgIpc) is 2.80. The number of nitriles is 1. The van der Waals surface area contributed by atoms with Gasteiger partial charge in [-0.2, -0.15) is 5.26 Å². The van der Waals surface area contributed by atoms with E-state index in [9.17, 15) is 15.2 Å². The van der Waals surface area contributed by atoms with Gasteiger partial charge in [-0.05, 0) is 12.1 Å². The molecule has 0 unspecified atom stereocenters. The Hall–Kier alpha value is -4.50. The number of carbonyl (C=O) groups is 1. The molecule has 0 aliphatic rings. The number of hydrogen-bond donors (Lipinski definition) is 2. The van der Waals surface area contributed by atoms with Crippen LogP contribution >= 0.6 is 0 Å². The maximum atomic E-state index is 11.6. The Labute approximate surface area is 173 Å². The third-order valence-corrected chi connectivity index (χ3v) is 4.51. The van der Waals surface area contributed by atoms with Crippen molar-refractivity contribution in [2.75, 3.05) is 5.32 Å². The first-order chi connectivity index (χ1) is 14.7. The zero-order valence-electron chi connectivity index (χ0n) is 15.8. The molecule has 144 valence electrons. The van der Waals surface area contributed by atoms with E-state index in [1.54, 1.807) is 18.2 Å². The van der Waals surface area contributed by atoms with Crippen LogP contribution in [0.25, 0.3) is 22.6 Å². The van der Waals surface area contributed by atoms with Crippen LogP contribution in [0.5, 0.6) is 0 Å². The molecule has 0 atom stereocenters. The summed E-state index contributed by atoms with van der Waals surface area (Å²) in [5.74, 6) is -0.389. The highest BCUT2D eigenvalue weighted by atomic mass is 16.4. The first-order valence-corrected chi connectivity index (χ1v) is 9.19. The van der Waals surface area contributed by atoms with Crippen LogP contribution in [-0.4, -0.2) is 21.0 Å². The Morgan fingerprint density at radius 1 is 0.833 bits per heavy atom. The van der Waals surface area contributed by atoms with E-state index >= 15 is 0 Å². The van der Waals surface area contributed by atoms with E-state index in [0.717, 1.165) is 11.1 Å². The predicted molar refractivity (Wildman–Crippen MR) is 114 cm³/mol. The van der Waals surface area contributed by atoms with Gasteiger partial charge in [-0.1, -0.05) is 72.8 Å². The lowest BCUT2D eigenvalue weighted by Crippen LogP contribution is -2.07. The number of nitrogens with zero attached hydrogens (tertiary/aromatic N) is 3. The summed E-state index contributed by atoms with van der Waals surface area (Å²) in [5.41, 5.74) is 2.70. The Kier molecular flexibility index (Phi) is 5.18. The zero-order chi connectivity index (χ0) is 20.9. The second-order valence-electron chi connectivity index (χ2n) is 6.44. The summed E-state index contributed by atoms with van der Waals surface area (Å²) in [5, 5.41) is 22.4. The SMILES string of the molecule is N#Cc1c(Nc2ccccc2C(=O)O)nc(-c2ccccc2)nc1-c1ccccc1. The van der Waals surface area contributed by atoms with E-state index in [-0.39, 0.29) is 16.9 Å². The molecule has 0 aliphatic carbocycles. The van der Waals surface area contributed by atoms with Crippen molar-refractivity contribution >= 4 is 17.5 Å². The quantitative estimate of drug-likeness (QED) is 0.489. The second kappa shape index (κ2) is 8.25. The van der Waals surface area contributed by atoms with Gasteiger partial charge in [0, 0.05) is 11.1 Å². The minimum absolute atomic E-state index is 0.0857. The highest BCUT2D eigenvalue weighted by Gasteiger charge is 2.19. The van der Waals surface area contributed by atoms with Crippen molar-refractivity contribution in [3.8, 4) is 28.7 Å². The lowest BCUT2D eigenvalue weighted by atomic mass is 10.1. The molecule has 4 aromatic rings. The summed E-state index contributed by atoms with van der Waals surface area (Å²) in [7, 11) is 0. The van der Waals surface area contributed by atoms with Crippen LogP contribution in [-0.2, 0) is 0 Å². The van der Waals surface area contributed by atoms with Crippen LogP contribution in [0.15, 0.2) is 84.9 Å². The molecule has 0 saturated carbocycles. The Bertz CT molecular complexity index is 1250. The summed E-state index contributed by atoms with van der Waals surface area (Å²) < 4.78 is 0. The average molecular weight is 392 g/mol. The van der Waals surface area contributed by atoms with Gasteiger partial charge in [-0.15, -0.1) is 0 Å². The fourth-order valence-corrected chi connectivity index (χ4v) is 3.08. The first-order valence-electron chi connectivity index (χ1n) is 9.19. The molecule has 0 saturated heterocycles. The third kappa shape index (κ3) is 3.73. The number of benzene rings is 3. The van der Waals surface area contributed by atoms with Gasteiger partial charge >= 0.3 is 5.97 Å². The molecular formula is C24H16N4O2. The molecule has 0 aliphatic heterocycles. The van der Waals surface area contributed by atoms with Crippen LogP contribution in [0, 0.1) is 11.3 Å². The van der Waals surface area contributed by atoms with Gasteiger partial charge < -0.3 is 10.4 Å². The smallest absolute Gasteiger partial charge is 0.337 e. The van der Waals surface area contributed by atoms with Crippen LogP contribution in [0.2, 0.25) is 0 Å². The van der Waals surface area contributed by atoms with Crippen molar-refractivity contribution in [1.82, 2.24) is 9.97 Å². The summed E-state index contributed by atoms with van der Waals surface area (Å²) in [4.78, 5) is 20.8. The van der Waals surface area contributed by atoms with Crippen molar-refractivity contribution in [3.63, 3.8) is 0 Å². The summed E-state index contributed by atoms with van der Waals surface area (Å²) in [6.45, 7) is 0. The van der Waals surface area contributed by atoms with E-state index < -0.39 is 5.97 Å². The number of nitrogens with one attached hydrogen (secondary N) is 1. The molecule has 0 amide bonds. The van der Waals surface area contributed by atoms with Gasteiger partial charge in [0.05, 0.1) is 16.9 Å². The number of hydrogen-bond acceptors (Lipinski definition) is 5. The van der Waals surface area contributed by atoms with Crippen molar-refractivity contribution < 1.29 is 9.90 Å². The highest BCUT2D eigenvalue weighted by Crippen LogP contribution is 2.31. The molecule has 3 aromatic carbocycles. The largest absolute Gasteiger partial charge is 0.478 e. The Morgan fingerprint density at radius 3 is 2.07 bits per heavy atom.